The standard InChI is InChI=1S/C26H32N2O5/c1-26(2,3)33-23(30)14-9-7-5-4-6-8-11-18-12-10-13-19-20(18)17-28(25(19)32)21-15-16-22(29)27-24(21)31/h10,12-13,21H,4-7,9,14-17H2,1-3H3,(H,27,29,31). The van der Waals surface area contributed by atoms with Crippen LogP contribution in [0.25, 0.3) is 0 Å². The highest BCUT2D eigenvalue weighted by Gasteiger charge is 2.39. The molecule has 0 bridgehead atoms. The summed E-state index contributed by atoms with van der Waals surface area (Å²) >= 11 is 0. The molecule has 3 rings (SSSR count). The number of hydrogen-bond acceptors (Lipinski definition) is 5. The highest BCUT2D eigenvalue weighted by molar-refractivity contribution is 6.05. The van der Waals surface area contributed by atoms with Crippen LogP contribution in [0.4, 0.5) is 0 Å². The fourth-order valence-corrected chi connectivity index (χ4v) is 4.09. The number of carbonyl (C=O) groups is 4. The summed E-state index contributed by atoms with van der Waals surface area (Å²) in [6.07, 6.45) is 5.46. The molecule has 1 aromatic carbocycles. The number of rotatable bonds is 7. The van der Waals surface area contributed by atoms with E-state index in [1.807, 2.05) is 32.9 Å². The van der Waals surface area contributed by atoms with E-state index in [1.54, 1.807) is 11.0 Å². The molecule has 33 heavy (non-hydrogen) atoms. The second-order valence-corrected chi connectivity index (χ2v) is 9.53. The molecule has 0 aliphatic carbocycles. The van der Waals surface area contributed by atoms with Gasteiger partial charge < -0.3 is 9.64 Å². The number of imide groups is 1. The molecular weight excluding hydrogens is 420 g/mol. The van der Waals surface area contributed by atoms with Gasteiger partial charge in [-0.25, -0.2) is 0 Å². The molecule has 0 aromatic heterocycles. The average Bonchev–Trinajstić information content (AvgIpc) is 3.06. The van der Waals surface area contributed by atoms with Crippen LogP contribution in [0, 0.1) is 11.8 Å². The minimum Gasteiger partial charge on any atom is -0.460 e. The summed E-state index contributed by atoms with van der Waals surface area (Å²) in [5.41, 5.74) is 1.79. The Morgan fingerprint density at radius 3 is 2.64 bits per heavy atom. The third-order valence-electron chi connectivity index (χ3n) is 5.66. The molecule has 7 heteroatoms. The van der Waals surface area contributed by atoms with Gasteiger partial charge in [0.25, 0.3) is 5.91 Å². The number of hydrogen-bond donors (Lipinski definition) is 1. The fraction of sp³-hybridized carbons (Fsp3) is 0.538. The summed E-state index contributed by atoms with van der Waals surface area (Å²) in [5, 5.41) is 2.32. The van der Waals surface area contributed by atoms with E-state index in [1.165, 1.54) is 0 Å². The van der Waals surface area contributed by atoms with E-state index in [9.17, 15) is 19.2 Å². The van der Waals surface area contributed by atoms with Crippen LogP contribution in [0.3, 0.4) is 0 Å². The smallest absolute Gasteiger partial charge is 0.306 e. The van der Waals surface area contributed by atoms with Gasteiger partial charge in [0.2, 0.25) is 11.8 Å². The lowest BCUT2D eigenvalue weighted by Crippen LogP contribution is -2.52. The van der Waals surface area contributed by atoms with Crippen LogP contribution in [0.2, 0.25) is 0 Å². The van der Waals surface area contributed by atoms with Gasteiger partial charge in [-0.15, -0.1) is 0 Å². The third-order valence-corrected chi connectivity index (χ3v) is 5.66. The molecule has 7 nitrogen and oxygen atoms in total. The summed E-state index contributed by atoms with van der Waals surface area (Å²) in [5.74, 6) is 5.33. The molecule has 2 heterocycles. The van der Waals surface area contributed by atoms with Crippen molar-refractivity contribution in [1.29, 1.82) is 0 Å². The number of ether oxygens (including phenoxy) is 1. The van der Waals surface area contributed by atoms with Gasteiger partial charge in [-0.05, 0) is 57.7 Å². The van der Waals surface area contributed by atoms with Crippen LogP contribution >= 0.6 is 0 Å². The van der Waals surface area contributed by atoms with Crippen molar-refractivity contribution in [2.45, 2.75) is 90.3 Å². The molecule has 176 valence electrons. The van der Waals surface area contributed by atoms with E-state index in [4.69, 9.17) is 4.74 Å². The minimum atomic E-state index is -0.621. The summed E-state index contributed by atoms with van der Waals surface area (Å²) in [6, 6.07) is 4.85. The van der Waals surface area contributed by atoms with Gasteiger partial charge in [-0.2, -0.15) is 0 Å². The lowest BCUT2D eigenvalue weighted by atomic mass is 10.0. The van der Waals surface area contributed by atoms with Crippen LogP contribution in [-0.4, -0.2) is 40.2 Å². The van der Waals surface area contributed by atoms with Crippen molar-refractivity contribution in [2.24, 2.45) is 0 Å². The van der Waals surface area contributed by atoms with E-state index in [0.29, 0.717) is 24.9 Å². The number of esters is 1. The van der Waals surface area contributed by atoms with Crippen LogP contribution in [-0.2, 0) is 25.7 Å². The molecule has 1 saturated heterocycles. The SMILES string of the molecule is CC(C)(C)OC(=O)CCCCCCC#Cc1cccc2c1CN(C1CCC(=O)NC1=O)C2=O. The Morgan fingerprint density at radius 1 is 1.15 bits per heavy atom. The van der Waals surface area contributed by atoms with Gasteiger partial charge in [-0.3, -0.25) is 24.5 Å². The molecule has 1 aromatic rings. The maximum absolute atomic E-state index is 12.9. The van der Waals surface area contributed by atoms with E-state index in [0.717, 1.165) is 43.2 Å². The minimum absolute atomic E-state index is 0.152. The van der Waals surface area contributed by atoms with Crippen molar-refractivity contribution in [3.8, 4) is 11.8 Å². The Morgan fingerprint density at radius 2 is 1.91 bits per heavy atom. The molecule has 1 fully saturated rings. The van der Waals surface area contributed by atoms with Gasteiger partial charge >= 0.3 is 5.97 Å². The van der Waals surface area contributed by atoms with Crippen molar-refractivity contribution >= 4 is 23.7 Å². The predicted molar refractivity (Wildman–Crippen MR) is 123 cm³/mol. The first-order chi connectivity index (χ1) is 15.7. The maximum atomic E-state index is 12.9. The second-order valence-electron chi connectivity index (χ2n) is 9.53. The topological polar surface area (TPSA) is 92.8 Å². The molecule has 0 spiro atoms. The number of unbranched alkanes of at least 4 members (excludes halogenated alkanes) is 4. The largest absolute Gasteiger partial charge is 0.460 e. The zero-order valence-corrected chi connectivity index (χ0v) is 19.7. The van der Waals surface area contributed by atoms with E-state index >= 15 is 0 Å². The van der Waals surface area contributed by atoms with Crippen molar-refractivity contribution in [2.75, 3.05) is 0 Å². The van der Waals surface area contributed by atoms with Gasteiger partial charge in [0, 0.05) is 36.9 Å². The van der Waals surface area contributed by atoms with Crippen molar-refractivity contribution in [1.82, 2.24) is 10.2 Å². The number of carbonyl (C=O) groups excluding carboxylic acids is 4. The number of benzene rings is 1. The van der Waals surface area contributed by atoms with Gasteiger partial charge in [0.05, 0.1) is 0 Å². The maximum Gasteiger partial charge on any atom is 0.306 e. The number of fused-ring (bicyclic) bond motifs is 1. The molecular formula is C26H32N2O5. The summed E-state index contributed by atoms with van der Waals surface area (Å²) in [7, 11) is 0. The predicted octanol–water partition coefficient (Wildman–Crippen LogP) is 3.48. The Kier molecular flexibility index (Phi) is 7.91. The molecule has 1 atom stereocenters. The summed E-state index contributed by atoms with van der Waals surface area (Å²) < 4.78 is 5.31. The summed E-state index contributed by atoms with van der Waals surface area (Å²) in [4.78, 5) is 49.7. The number of piperidine rings is 1. The monoisotopic (exact) mass is 452 g/mol. The first kappa shape index (κ1) is 24.5. The highest BCUT2D eigenvalue weighted by atomic mass is 16.6. The van der Waals surface area contributed by atoms with E-state index in [-0.39, 0.29) is 24.2 Å². The van der Waals surface area contributed by atoms with E-state index < -0.39 is 17.6 Å². The Labute approximate surface area is 195 Å². The zero-order chi connectivity index (χ0) is 24.0. The molecule has 1 unspecified atom stereocenters. The van der Waals surface area contributed by atoms with Gasteiger partial charge in [-0.1, -0.05) is 30.7 Å². The van der Waals surface area contributed by atoms with Crippen LogP contribution in [0.5, 0.6) is 0 Å². The van der Waals surface area contributed by atoms with Crippen LogP contribution < -0.4 is 5.32 Å². The van der Waals surface area contributed by atoms with Crippen LogP contribution in [0.1, 0.15) is 93.6 Å². The number of nitrogens with zero attached hydrogens (tertiary/aromatic N) is 1. The molecule has 2 aliphatic heterocycles. The fourth-order valence-electron chi connectivity index (χ4n) is 4.09. The third kappa shape index (κ3) is 6.67. The number of amides is 3. The van der Waals surface area contributed by atoms with Gasteiger partial charge in [0.15, 0.2) is 0 Å². The lowest BCUT2D eigenvalue weighted by molar-refractivity contribution is -0.155. The quantitative estimate of drug-likeness (QED) is 0.296. The molecule has 2 aliphatic rings. The Bertz CT molecular complexity index is 996. The first-order valence-electron chi connectivity index (χ1n) is 11.6. The number of nitrogens with one attached hydrogen (secondary N) is 1. The van der Waals surface area contributed by atoms with E-state index in [2.05, 4.69) is 17.2 Å². The Balaban J connectivity index is 1.47. The highest BCUT2D eigenvalue weighted by Crippen LogP contribution is 2.29. The first-order valence-corrected chi connectivity index (χ1v) is 11.6. The zero-order valence-electron chi connectivity index (χ0n) is 19.7. The summed E-state index contributed by atoms with van der Waals surface area (Å²) in [6.45, 7) is 5.94. The molecule has 0 radical (unpaired) electrons. The van der Waals surface area contributed by atoms with Crippen molar-refractivity contribution < 1.29 is 23.9 Å². The van der Waals surface area contributed by atoms with Crippen molar-refractivity contribution in [3.63, 3.8) is 0 Å². The lowest BCUT2D eigenvalue weighted by Gasteiger charge is -2.29. The van der Waals surface area contributed by atoms with Crippen LogP contribution in [0.15, 0.2) is 18.2 Å². The second kappa shape index (κ2) is 10.7. The van der Waals surface area contributed by atoms with Gasteiger partial charge in [0.1, 0.15) is 11.6 Å². The normalized spacial score (nSPS) is 17.8. The molecule has 1 N–H and O–H groups in total. The van der Waals surface area contributed by atoms with Crippen molar-refractivity contribution in [3.05, 3.63) is 34.9 Å². The molecule has 0 saturated carbocycles. The molecule has 3 amide bonds. The average molecular weight is 453 g/mol. The Hall–Kier alpha value is -3.14.